The first-order chi connectivity index (χ1) is 16.0. The minimum Gasteiger partial charge on any atom is -0.441 e. The number of rotatable bonds is 7. The van der Waals surface area contributed by atoms with E-state index < -0.39 is 11.6 Å². The van der Waals surface area contributed by atoms with Crippen LogP contribution < -0.4 is 5.32 Å². The van der Waals surface area contributed by atoms with Crippen molar-refractivity contribution in [2.24, 2.45) is 0 Å². The first kappa shape index (κ1) is 22.6. The van der Waals surface area contributed by atoms with Crippen LogP contribution in [0.5, 0.6) is 0 Å². The van der Waals surface area contributed by atoms with Crippen LogP contribution in [0, 0.1) is 11.6 Å². The molecule has 2 aromatic carbocycles. The Morgan fingerprint density at radius 1 is 1.03 bits per heavy atom. The number of nitrogens with zero attached hydrogens (tertiary/aromatic N) is 2. The lowest BCUT2D eigenvalue weighted by atomic mass is 10.1. The Hall–Kier alpha value is -3.59. The number of ether oxygens (including phenoxy) is 1. The molecule has 2 amide bonds. The molecule has 7 nitrogen and oxygen atoms in total. The van der Waals surface area contributed by atoms with Crippen LogP contribution in [0.3, 0.4) is 0 Å². The molecule has 4 rings (SSSR count). The molecule has 1 aliphatic heterocycles. The number of carbonyl (C=O) groups excluding carboxylic acids is 2. The summed E-state index contributed by atoms with van der Waals surface area (Å²) in [5, 5.41) is 2.80. The van der Waals surface area contributed by atoms with Crippen molar-refractivity contribution in [3.63, 3.8) is 0 Å². The van der Waals surface area contributed by atoms with Crippen molar-refractivity contribution < 1.29 is 27.5 Å². The lowest BCUT2D eigenvalue weighted by Crippen LogP contribution is -2.40. The number of amides is 2. The van der Waals surface area contributed by atoms with Crippen molar-refractivity contribution in [3.8, 4) is 11.3 Å². The molecule has 1 aliphatic rings. The minimum absolute atomic E-state index is 0.0206. The van der Waals surface area contributed by atoms with Crippen LogP contribution in [0.1, 0.15) is 28.2 Å². The van der Waals surface area contributed by atoms with Crippen LogP contribution in [-0.2, 0) is 22.5 Å². The molecule has 1 N–H and O–H groups in total. The minimum atomic E-state index is -0.742. The van der Waals surface area contributed by atoms with Gasteiger partial charge in [-0.3, -0.25) is 9.59 Å². The van der Waals surface area contributed by atoms with E-state index in [0.717, 1.165) is 17.7 Å². The Kier molecular flexibility index (Phi) is 7.09. The fraction of sp³-hybridized carbons (Fsp3) is 0.292. The van der Waals surface area contributed by atoms with E-state index >= 15 is 0 Å². The lowest BCUT2D eigenvalue weighted by Gasteiger charge is -2.26. The van der Waals surface area contributed by atoms with Gasteiger partial charge in [0.25, 0.3) is 5.91 Å². The van der Waals surface area contributed by atoms with Gasteiger partial charge in [0.05, 0.1) is 25.0 Å². The molecule has 0 unspecified atom stereocenters. The molecule has 172 valence electrons. The van der Waals surface area contributed by atoms with Crippen LogP contribution in [0.15, 0.2) is 53.1 Å². The molecule has 0 atom stereocenters. The van der Waals surface area contributed by atoms with Gasteiger partial charge in [0.15, 0.2) is 11.7 Å². The Balaban J connectivity index is 1.25. The summed E-state index contributed by atoms with van der Waals surface area (Å²) in [4.78, 5) is 30.4. The highest BCUT2D eigenvalue weighted by atomic mass is 19.1. The van der Waals surface area contributed by atoms with Crippen molar-refractivity contribution in [1.29, 1.82) is 0 Å². The van der Waals surface area contributed by atoms with E-state index in [1.807, 2.05) is 0 Å². The molecule has 9 heteroatoms. The molecule has 0 aliphatic carbocycles. The zero-order valence-corrected chi connectivity index (χ0v) is 17.9. The Morgan fingerprint density at radius 2 is 1.73 bits per heavy atom. The lowest BCUT2D eigenvalue weighted by molar-refractivity contribution is -0.121. The first-order valence-corrected chi connectivity index (χ1v) is 10.6. The van der Waals surface area contributed by atoms with E-state index in [-0.39, 0.29) is 41.9 Å². The zero-order chi connectivity index (χ0) is 23.2. The highest BCUT2D eigenvalue weighted by Crippen LogP contribution is 2.26. The standard InChI is InChI=1S/C24H23F2N3O4/c25-18-2-1-3-19(26)23(18)20-15-28-22(33-20)9-8-21(30)27-14-16-4-6-17(7-5-16)24(31)29-10-12-32-13-11-29/h1-7,15H,8-14H2,(H,27,30). The van der Waals surface area contributed by atoms with Crippen LogP contribution in [0.4, 0.5) is 8.78 Å². The fourth-order valence-corrected chi connectivity index (χ4v) is 3.50. The highest BCUT2D eigenvalue weighted by molar-refractivity contribution is 5.94. The maximum atomic E-state index is 13.9. The quantitative estimate of drug-likeness (QED) is 0.591. The second kappa shape index (κ2) is 10.4. The summed E-state index contributed by atoms with van der Waals surface area (Å²) in [5.74, 6) is -1.54. The van der Waals surface area contributed by atoms with Gasteiger partial charge < -0.3 is 19.4 Å². The molecule has 1 saturated heterocycles. The summed E-state index contributed by atoms with van der Waals surface area (Å²) < 4.78 is 38.4. The van der Waals surface area contributed by atoms with E-state index in [2.05, 4.69) is 10.3 Å². The fourth-order valence-electron chi connectivity index (χ4n) is 3.50. The monoisotopic (exact) mass is 455 g/mol. The third-order valence-electron chi connectivity index (χ3n) is 5.32. The van der Waals surface area contributed by atoms with Gasteiger partial charge in [-0.2, -0.15) is 0 Å². The molecule has 0 radical (unpaired) electrons. The van der Waals surface area contributed by atoms with Gasteiger partial charge in [-0.05, 0) is 29.8 Å². The second-order valence-corrected chi connectivity index (χ2v) is 7.59. The molecule has 3 aromatic rings. The predicted molar refractivity (Wildman–Crippen MR) is 115 cm³/mol. The number of hydrogen-bond donors (Lipinski definition) is 1. The summed E-state index contributed by atoms with van der Waals surface area (Å²) in [7, 11) is 0. The average Bonchev–Trinajstić information content (AvgIpc) is 3.30. The molecule has 0 saturated carbocycles. The van der Waals surface area contributed by atoms with Crippen molar-refractivity contribution in [2.45, 2.75) is 19.4 Å². The number of aryl methyl sites for hydroxylation is 1. The number of benzene rings is 2. The SMILES string of the molecule is O=C(CCc1ncc(-c2c(F)cccc2F)o1)NCc1ccc(C(=O)N2CCOCC2)cc1. The van der Waals surface area contributed by atoms with Gasteiger partial charge in [0.2, 0.25) is 5.91 Å². The second-order valence-electron chi connectivity index (χ2n) is 7.59. The summed E-state index contributed by atoms with van der Waals surface area (Å²) in [6.45, 7) is 2.56. The molecule has 33 heavy (non-hydrogen) atoms. The molecule has 2 heterocycles. The molecular formula is C24H23F2N3O4. The third kappa shape index (κ3) is 5.61. The summed E-state index contributed by atoms with van der Waals surface area (Å²) in [6, 6.07) is 10.6. The van der Waals surface area contributed by atoms with Gasteiger partial charge in [-0.25, -0.2) is 13.8 Å². The summed E-state index contributed by atoms with van der Waals surface area (Å²) >= 11 is 0. The largest absolute Gasteiger partial charge is 0.441 e. The van der Waals surface area contributed by atoms with Gasteiger partial charge in [0.1, 0.15) is 11.6 Å². The van der Waals surface area contributed by atoms with E-state index in [1.165, 1.54) is 12.3 Å². The zero-order valence-electron chi connectivity index (χ0n) is 17.9. The summed E-state index contributed by atoms with van der Waals surface area (Å²) in [5.41, 5.74) is 1.17. The normalized spacial score (nSPS) is 13.7. The van der Waals surface area contributed by atoms with Gasteiger partial charge in [-0.15, -0.1) is 0 Å². The smallest absolute Gasteiger partial charge is 0.254 e. The molecular weight excluding hydrogens is 432 g/mol. The number of halogens is 2. The van der Waals surface area contributed by atoms with E-state index in [9.17, 15) is 18.4 Å². The van der Waals surface area contributed by atoms with E-state index in [1.54, 1.807) is 29.2 Å². The highest BCUT2D eigenvalue weighted by Gasteiger charge is 2.19. The van der Waals surface area contributed by atoms with Crippen LogP contribution in [0.2, 0.25) is 0 Å². The van der Waals surface area contributed by atoms with Gasteiger partial charge in [0, 0.05) is 38.0 Å². The maximum Gasteiger partial charge on any atom is 0.254 e. The van der Waals surface area contributed by atoms with Crippen LogP contribution in [0.25, 0.3) is 11.3 Å². The molecule has 0 spiro atoms. The Morgan fingerprint density at radius 3 is 2.42 bits per heavy atom. The molecule has 0 bridgehead atoms. The third-order valence-corrected chi connectivity index (χ3v) is 5.32. The van der Waals surface area contributed by atoms with Crippen LogP contribution >= 0.6 is 0 Å². The van der Waals surface area contributed by atoms with Crippen molar-refractivity contribution in [1.82, 2.24) is 15.2 Å². The van der Waals surface area contributed by atoms with Gasteiger partial charge in [-0.1, -0.05) is 18.2 Å². The van der Waals surface area contributed by atoms with Crippen molar-refractivity contribution in [3.05, 3.63) is 77.3 Å². The number of morpholine rings is 1. The van der Waals surface area contributed by atoms with Crippen molar-refractivity contribution in [2.75, 3.05) is 26.3 Å². The van der Waals surface area contributed by atoms with E-state index in [0.29, 0.717) is 38.4 Å². The average molecular weight is 455 g/mol. The Labute approximate surface area is 189 Å². The van der Waals surface area contributed by atoms with Gasteiger partial charge >= 0.3 is 0 Å². The Bertz CT molecular complexity index is 1100. The summed E-state index contributed by atoms with van der Waals surface area (Å²) in [6.07, 6.45) is 1.54. The number of hydrogen-bond acceptors (Lipinski definition) is 5. The molecule has 1 aromatic heterocycles. The predicted octanol–water partition coefficient (Wildman–Crippen LogP) is 3.34. The molecule has 1 fully saturated rings. The van der Waals surface area contributed by atoms with E-state index in [4.69, 9.17) is 9.15 Å². The number of carbonyl (C=O) groups is 2. The number of nitrogens with one attached hydrogen (secondary N) is 1. The first-order valence-electron chi connectivity index (χ1n) is 10.6. The van der Waals surface area contributed by atoms with Crippen molar-refractivity contribution >= 4 is 11.8 Å². The topological polar surface area (TPSA) is 84.7 Å². The number of oxazole rings is 1. The maximum absolute atomic E-state index is 13.9. The van der Waals surface area contributed by atoms with Crippen LogP contribution in [-0.4, -0.2) is 48.0 Å². The number of aromatic nitrogens is 1.